The maximum atomic E-state index is 12.7. The van der Waals surface area contributed by atoms with Crippen LogP contribution < -0.4 is 4.80 Å². The van der Waals surface area contributed by atoms with Crippen molar-refractivity contribution in [3.05, 3.63) is 62.9 Å². The number of nitro groups is 1. The summed E-state index contributed by atoms with van der Waals surface area (Å²) in [5, 5.41) is 11.6. The van der Waals surface area contributed by atoms with Gasteiger partial charge < -0.3 is 9.30 Å². The molecule has 0 aliphatic carbocycles. The first kappa shape index (κ1) is 21.7. The highest BCUT2D eigenvalue weighted by Gasteiger charge is 2.16. The van der Waals surface area contributed by atoms with E-state index in [9.17, 15) is 19.7 Å². The van der Waals surface area contributed by atoms with Crippen LogP contribution in [0.5, 0.6) is 0 Å². The van der Waals surface area contributed by atoms with Crippen LogP contribution >= 0.6 is 23.1 Å². The second-order valence-corrected chi connectivity index (χ2v) is 9.22. The van der Waals surface area contributed by atoms with Crippen molar-refractivity contribution in [3.8, 4) is 0 Å². The average Bonchev–Trinajstić information content (AvgIpc) is 3.04. The standard InChI is InChI=1S/C20H19N3O5S2/c1-12(2)29-15-7-4-13(5-8-15)19(25)21-20-22(11-18(24)28-3)16-10-14(23(26)27)6-9-17(16)30-20/h4-10,12H,11H2,1-3H3. The summed E-state index contributed by atoms with van der Waals surface area (Å²) in [6, 6.07) is 11.5. The number of methoxy groups -OCH3 is 1. The Balaban J connectivity index is 2.05. The number of amides is 1. The molecule has 1 heterocycles. The summed E-state index contributed by atoms with van der Waals surface area (Å²) in [4.78, 5) is 40.7. The first-order valence-corrected chi connectivity index (χ1v) is 10.7. The van der Waals surface area contributed by atoms with Gasteiger partial charge in [-0.3, -0.25) is 19.7 Å². The van der Waals surface area contributed by atoms with Gasteiger partial charge in [-0.1, -0.05) is 25.2 Å². The largest absolute Gasteiger partial charge is 0.468 e. The maximum absolute atomic E-state index is 12.7. The Morgan fingerprint density at radius 1 is 1.23 bits per heavy atom. The SMILES string of the molecule is COC(=O)Cn1c(=NC(=O)c2ccc(SC(C)C)cc2)sc2ccc([N+](=O)[O-])cc21. The molecule has 0 bridgehead atoms. The Morgan fingerprint density at radius 2 is 1.93 bits per heavy atom. The third-order valence-corrected chi connectivity index (χ3v) is 6.14. The van der Waals surface area contributed by atoms with Gasteiger partial charge in [-0.25, -0.2) is 0 Å². The van der Waals surface area contributed by atoms with Crippen molar-refractivity contribution in [1.29, 1.82) is 0 Å². The number of aromatic nitrogens is 1. The lowest BCUT2D eigenvalue weighted by Crippen LogP contribution is -2.22. The number of fused-ring (bicyclic) bond motifs is 1. The number of non-ortho nitro benzene ring substituents is 1. The summed E-state index contributed by atoms with van der Waals surface area (Å²) in [7, 11) is 1.25. The van der Waals surface area contributed by atoms with Gasteiger partial charge in [-0.15, -0.1) is 11.8 Å². The van der Waals surface area contributed by atoms with Crippen LogP contribution in [0.25, 0.3) is 10.2 Å². The first-order chi connectivity index (χ1) is 14.3. The Labute approximate surface area is 180 Å². The van der Waals surface area contributed by atoms with E-state index in [1.165, 1.54) is 35.1 Å². The molecule has 0 unspecified atom stereocenters. The number of rotatable bonds is 6. The summed E-state index contributed by atoms with van der Waals surface area (Å²) in [5.41, 5.74) is 0.737. The van der Waals surface area contributed by atoms with Crippen molar-refractivity contribution in [2.45, 2.75) is 30.5 Å². The average molecular weight is 446 g/mol. The van der Waals surface area contributed by atoms with E-state index in [1.807, 2.05) is 12.1 Å². The topological polar surface area (TPSA) is 104 Å². The molecule has 0 fully saturated rings. The minimum Gasteiger partial charge on any atom is -0.468 e. The second kappa shape index (κ2) is 9.23. The van der Waals surface area contributed by atoms with E-state index in [0.29, 0.717) is 21.0 Å². The molecule has 0 saturated carbocycles. The van der Waals surface area contributed by atoms with E-state index in [1.54, 1.807) is 30.0 Å². The van der Waals surface area contributed by atoms with Gasteiger partial charge in [0.15, 0.2) is 4.80 Å². The number of hydrogen-bond acceptors (Lipinski definition) is 7. The minimum atomic E-state index is -0.551. The van der Waals surface area contributed by atoms with Crippen molar-refractivity contribution >= 4 is 50.9 Å². The number of carbonyl (C=O) groups is 2. The van der Waals surface area contributed by atoms with Crippen LogP contribution in [0.4, 0.5) is 5.69 Å². The van der Waals surface area contributed by atoms with Crippen molar-refractivity contribution in [1.82, 2.24) is 4.57 Å². The van der Waals surface area contributed by atoms with E-state index in [0.717, 1.165) is 4.90 Å². The van der Waals surface area contributed by atoms with Crippen LogP contribution in [0.2, 0.25) is 0 Å². The fourth-order valence-corrected chi connectivity index (χ4v) is 4.55. The highest BCUT2D eigenvalue weighted by Crippen LogP contribution is 2.24. The summed E-state index contributed by atoms with van der Waals surface area (Å²) in [5.74, 6) is -1.01. The predicted molar refractivity (Wildman–Crippen MR) is 116 cm³/mol. The molecule has 3 aromatic rings. The van der Waals surface area contributed by atoms with Crippen LogP contribution in [0, 0.1) is 10.1 Å². The molecule has 1 amide bonds. The van der Waals surface area contributed by atoms with E-state index >= 15 is 0 Å². The number of thiazole rings is 1. The van der Waals surface area contributed by atoms with Crippen molar-refractivity contribution in [2.75, 3.05) is 7.11 Å². The van der Waals surface area contributed by atoms with Gasteiger partial charge in [0.2, 0.25) is 0 Å². The third kappa shape index (κ3) is 4.95. The molecule has 0 aliphatic rings. The molecule has 0 spiro atoms. The molecular formula is C20H19N3O5S2. The van der Waals surface area contributed by atoms with Gasteiger partial charge in [-0.05, 0) is 30.3 Å². The van der Waals surface area contributed by atoms with Crippen molar-refractivity contribution < 1.29 is 19.2 Å². The van der Waals surface area contributed by atoms with E-state index in [2.05, 4.69) is 18.8 Å². The van der Waals surface area contributed by atoms with Crippen LogP contribution in [0.15, 0.2) is 52.4 Å². The quantitative estimate of drug-likeness (QED) is 0.246. The summed E-state index contributed by atoms with van der Waals surface area (Å²) >= 11 is 2.86. The fourth-order valence-electron chi connectivity index (χ4n) is 2.70. The number of benzene rings is 2. The molecule has 2 aromatic carbocycles. The number of ether oxygens (including phenoxy) is 1. The molecule has 30 heavy (non-hydrogen) atoms. The number of carbonyl (C=O) groups excluding carboxylic acids is 2. The molecule has 3 rings (SSSR count). The number of esters is 1. The van der Waals surface area contributed by atoms with E-state index in [4.69, 9.17) is 4.74 Å². The van der Waals surface area contributed by atoms with Crippen LogP contribution in [-0.2, 0) is 16.1 Å². The fraction of sp³-hybridized carbons (Fsp3) is 0.250. The second-order valence-electron chi connectivity index (χ2n) is 6.56. The zero-order valence-electron chi connectivity index (χ0n) is 16.5. The number of hydrogen-bond donors (Lipinski definition) is 0. The molecule has 0 aliphatic heterocycles. The van der Waals surface area contributed by atoms with Gasteiger partial charge in [-0.2, -0.15) is 4.99 Å². The van der Waals surface area contributed by atoms with Gasteiger partial charge in [0.25, 0.3) is 11.6 Å². The zero-order chi connectivity index (χ0) is 21.8. The van der Waals surface area contributed by atoms with Crippen LogP contribution in [0.3, 0.4) is 0 Å². The normalized spacial score (nSPS) is 11.8. The Kier molecular flexibility index (Phi) is 6.68. The molecule has 0 atom stereocenters. The van der Waals surface area contributed by atoms with Crippen LogP contribution in [0.1, 0.15) is 24.2 Å². The lowest BCUT2D eigenvalue weighted by Gasteiger charge is -2.05. The van der Waals surface area contributed by atoms with E-state index < -0.39 is 16.8 Å². The Morgan fingerprint density at radius 3 is 2.53 bits per heavy atom. The number of nitro benzene ring substituents is 1. The molecule has 156 valence electrons. The van der Waals surface area contributed by atoms with Crippen LogP contribution in [-0.4, -0.2) is 33.7 Å². The van der Waals surface area contributed by atoms with Gasteiger partial charge in [0.05, 0.1) is 22.2 Å². The monoisotopic (exact) mass is 445 g/mol. The molecule has 8 nitrogen and oxygen atoms in total. The Bertz CT molecular complexity index is 1180. The maximum Gasteiger partial charge on any atom is 0.325 e. The van der Waals surface area contributed by atoms with E-state index in [-0.39, 0.29) is 17.0 Å². The smallest absolute Gasteiger partial charge is 0.325 e. The summed E-state index contributed by atoms with van der Waals surface area (Å²) in [6.45, 7) is 3.96. The van der Waals surface area contributed by atoms with Gasteiger partial charge in [0, 0.05) is 27.8 Å². The summed E-state index contributed by atoms with van der Waals surface area (Å²) in [6.07, 6.45) is 0. The molecule has 0 radical (unpaired) electrons. The molecular weight excluding hydrogens is 426 g/mol. The zero-order valence-corrected chi connectivity index (χ0v) is 18.2. The molecule has 1 aromatic heterocycles. The third-order valence-electron chi connectivity index (χ3n) is 4.06. The molecule has 10 heteroatoms. The minimum absolute atomic E-state index is 0.116. The molecule has 0 saturated heterocycles. The molecule has 0 N–H and O–H groups in total. The number of thioether (sulfide) groups is 1. The number of nitrogens with zero attached hydrogens (tertiary/aromatic N) is 3. The van der Waals surface area contributed by atoms with Gasteiger partial charge in [0.1, 0.15) is 6.54 Å². The van der Waals surface area contributed by atoms with Crippen molar-refractivity contribution in [2.24, 2.45) is 4.99 Å². The lowest BCUT2D eigenvalue weighted by molar-refractivity contribution is -0.384. The first-order valence-electron chi connectivity index (χ1n) is 8.99. The van der Waals surface area contributed by atoms with Gasteiger partial charge >= 0.3 is 5.97 Å². The van der Waals surface area contributed by atoms with Crippen molar-refractivity contribution in [3.63, 3.8) is 0 Å². The predicted octanol–water partition coefficient (Wildman–Crippen LogP) is 4.03. The Hall–Kier alpha value is -2.98. The summed E-state index contributed by atoms with van der Waals surface area (Å²) < 4.78 is 6.85. The lowest BCUT2D eigenvalue weighted by atomic mass is 10.2. The highest BCUT2D eigenvalue weighted by molar-refractivity contribution is 7.99. The highest BCUT2D eigenvalue weighted by atomic mass is 32.2.